The van der Waals surface area contributed by atoms with Gasteiger partial charge in [0.05, 0.1) is 17.4 Å². The highest BCUT2D eigenvalue weighted by atomic mass is 32.2. The van der Waals surface area contributed by atoms with E-state index in [0.29, 0.717) is 16.9 Å². The second-order valence-electron chi connectivity index (χ2n) is 5.81. The van der Waals surface area contributed by atoms with Gasteiger partial charge < -0.3 is 5.32 Å². The molecular formula is C16H14N4O4S. The number of nitrogens with zero attached hydrogens (tertiary/aromatic N) is 3. The van der Waals surface area contributed by atoms with E-state index in [1.807, 2.05) is 0 Å². The zero-order valence-electron chi connectivity index (χ0n) is 13.2. The minimum Gasteiger partial charge on any atom is -0.324 e. The minimum absolute atomic E-state index is 0.0118. The molecule has 0 aliphatic carbocycles. The van der Waals surface area contributed by atoms with Crippen LogP contribution in [0.1, 0.15) is 13.3 Å². The lowest BCUT2D eigenvalue weighted by molar-refractivity contribution is -0.116. The average molecular weight is 358 g/mol. The first-order valence-corrected chi connectivity index (χ1v) is 9.07. The Morgan fingerprint density at radius 3 is 2.80 bits per heavy atom. The molecule has 0 radical (unpaired) electrons. The SMILES string of the molecule is CC1CC(=O)Nc2ccccc2N1S(=O)(=O)c1cccc2nonc12. The summed E-state index contributed by atoms with van der Waals surface area (Å²) in [5.74, 6) is -0.237. The standard InChI is InChI=1S/C16H14N4O4S/c1-10-9-15(21)17-11-5-2-3-7-13(11)20(10)25(22,23)14-8-4-6-12-16(14)19-24-18-12/h2-8,10H,9H2,1H3,(H,17,21). The van der Waals surface area contributed by atoms with Gasteiger partial charge in [0, 0.05) is 6.42 Å². The Morgan fingerprint density at radius 1 is 1.16 bits per heavy atom. The Hall–Kier alpha value is -2.94. The number of amides is 1. The Kier molecular flexibility index (Phi) is 3.46. The third-order valence-electron chi connectivity index (χ3n) is 4.08. The summed E-state index contributed by atoms with van der Waals surface area (Å²) in [6, 6.07) is 10.9. The number of nitrogens with one attached hydrogen (secondary N) is 1. The van der Waals surface area contributed by atoms with E-state index < -0.39 is 16.1 Å². The molecule has 3 aromatic rings. The molecule has 0 fully saturated rings. The number of aromatic nitrogens is 2. The number of carbonyl (C=O) groups excluding carboxylic acids is 1. The van der Waals surface area contributed by atoms with E-state index in [9.17, 15) is 13.2 Å². The third kappa shape index (κ3) is 2.43. The molecule has 0 saturated heterocycles. The molecule has 1 aromatic heterocycles. The van der Waals surface area contributed by atoms with Crippen LogP contribution in [0.3, 0.4) is 0 Å². The van der Waals surface area contributed by atoms with Gasteiger partial charge in [0.15, 0.2) is 5.52 Å². The van der Waals surface area contributed by atoms with Crippen LogP contribution < -0.4 is 9.62 Å². The van der Waals surface area contributed by atoms with Crippen LogP contribution in [0.2, 0.25) is 0 Å². The minimum atomic E-state index is -3.99. The molecule has 1 aliphatic rings. The van der Waals surface area contributed by atoms with Crippen LogP contribution in [0.4, 0.5) is 11.4 Å². The van der Waals surface area contributed by atoms with Crippen LogP contribution in [0.15, 0.2) is 52.0 Å². The number of anilines is 2. The van der Waals surface area contributed by atoms with Gasteiger partial charge in [0.2, 0.25) is 5.91 Å². The van der Waals surface area contributed by atoms with Crippen molar-refractivity contribution >= 4 is 38.3 Å². The average Bonchev–Trinajstić information content (AvgIpc) is 2.99. The van der Waals surface area contributed by atoms with Crippen molar-refractivity contribution in [2.75, 3.05) is 9.62 Å². The van der Waals surface area contributed by atoms with E-state index >= 15 is 0 Å². The summed E-state index contributed by atoms with van der Waals surface area (Å²) in [5, 5.41) is 10.2. The summed E-state index contributed by atoms with van der Waals surface area (Å²) in [6.45, 7) is 1.69. The molecule has 0 saturated carbocycles. The van der Waals surface area contributed by atoms with Crippen molar-refractivity contribution in [3.8, 4) is 0 Å². The number of fused-ring (bicyclic) bond motifs is 2. The molecule has 128 valence electrons. The molecule has 2 aromatic carbocycles. The van der Waals surface area contributed by atoms with Gasteiger partial charge in [0.25, 0.3) is 10.0 Å². The van der Waals surface area contributed by atoms with E-state index in [4.69, 9.17) is 0 Å². The van der Waals surface area contributed by atoms with Gasteiger partial charge >= 0.3 is 0 Å². The second kappa shape index (κ2) is 5.55. The predicted molar refractivity (Wildman–Crippen MR) is 90.6 cm³/mol. The van der Waals surface area contributed by atoms with Crippen molar-refractivity contribution in [2.45, 2.75) is 24.3 Å². The number of hydrogen-bond donors (Lipinski definition) is 1. The monoisotopic (exact) mass is 358 g/mol. The first kappa shape index (κ1) is 15.6. The van der Waals surface area contributed by atoms with Gasteiger partial charge in [-0.25, -0.2) is 13.0 Å². The summed E-state index contributed by atoms with van der Waals surface area (Å²) >= 11 is 0. The molecule has 9 heteroatoms. The summed E-state index contributed by atoms with van der Waals surface area (Å²) < 4.78 is 32.7. The van der Waals surface area contributed by atoms with Gasteiger partial charge in [-0.3, -0.25) is 9.10 Å². The van der Waals surface area contributed by atoms with Crippen LogP contribution >= 0.6 is 0 Å². The number of para-hydroxylation sites is 2. The topological polar surface area (TPSA) is 105 Å². The largest absolute Gasteiger partial charge is 0.324 e. The van der Waals surface area contributed by atoms with E-state index in [-0.39, 0.29) is 22.7 Å². The number of carbonyl (C=O) groups is 1. The molecule has 0 bridgehead atoms. The van der Waals surface area contributed by atoms with Crippen LogP contribution in [0.25, 0.3) is 11.0 Å². The van der Waals surface area contributed by atoms with Crippen molar-refractivity contribution in [3.63, 3.8) is 0 Å². The lowest BCUT2D eigenvalue weighted by Crippen LogP contribution is -2.39. The van der Waals surface area contributed by atoms with Crippen LogP contribution in [0, 0.1) is 0 Å². The highest BCUT2D eigenvalue weighted by Gasteiger charge is 2.36. The van der Waals surface area contributed by atoms with Crippen molar-refractivity contribution in [2.24, 2.45) is 0 Å². The maximum Gasteiger partial charge on any atom is 0.267 e. The van der Waals surface area contributed by atoms with Crippen LogP contribution in [-0.2, 0) is 14.8 Å². The number of rotatable bonds is 2. The fourth-order valence-electron chi connectivity index (χ4n) is 3.02. The first-order chi connectivity index (χ1) is 12.0. The molecule has 4 rings (SSSR count). The maximum atomic E-state index is 13.4. The van der Waals surface area contributed by atoms with Crippen molar-refractivity contribution in [3.05, 3.63) is 42.5 Å². The molecule has 1 unspecified atom stereocenters. The van der Waals surface area contributed by atoms with Gasteiger partial charge in [-0.2, -0.15) is 0 Å². The Labute approximate surface area is 143 Å². The second-order valence-corrected chi connectivity index (χ2v) is 7.59. The van der Waals surface area contributed by atoms with E-state index in [2.05, 4.69) is 20.3 Å². The first-order valence-electron chi connectivity index (χ1n) is 7.63. The molecule has 8 nitrogen and oxygen atoms in total. The quantitative estimate of drug-likeness (QED) is 0.752. The molecule has 2 heterocycles. The molecule has 0 spiro atoms. The zero-order valence-corrected chi connectivity index (χ0v) is 14.0. The van der Waals surface area contributed by atoms with Gasteiger partial charge in [-0.05, 0) is 41.5 Å². The van der Waals surface area contributed by atoms with Gasteiger partial charge in [-0.1, -0.05) is 18.2 Å². The Morgan fingerprint density at radius 2 is 1.96 bits per heavy atom. The molecule has 25 heavy (non-hydrogen) atoms. The summed E-state index contributed by atoms with van der Waals surface area (Å²) in [4.78, 5) is 12.1. The van der Waals surface area contributed by atoms with Crippen LogP contribution in [-0.4, -0.2) is 30.7 Å². The number of hydrogen-bond acceptors (Lipinski definition) is 6. The normalized spacial score (nSPS) is 17.9. The summed E-state index contributed by atoms with van der Waals surface area (Å²) in [6.07, 6.45) is 0.0426. The lowest BCUT2D eigenvalue weighted by Gasteiger charge is -2.29. The molecule has 1 amide bonds. The summed E-state index contributed by atoms with van der Waals surface area (Å²) in [7, 11) is -3.99. The highest BCUT2D eigenvalue weighted by molar-refractivity contribution is 7.93. The molecule has 1 N–H and O–H groups in total. The predicted octanol–water partition coefficient (Wildman–Crippen LogP) is 2.15. The maximum absolute atomic E-state index is 13.4. The Balaban J connectivity index is 1.95. The number of sulfonamides is 1. The zero-order chi connectivity index (χ0) is 17.6. The molecular weight excluding hydrogens is 344 g/mol. The van der Waals surface area contributed by atoms with E-state index in [1.165, 1.54) is 10.4 Å². The van der Waals surface area contributed by atoms with Crippen molar-refractivity contribution < 1.29 is 17.8 Å². The fraction of sp³-hybridized carbons (Fsp3) is 0.188. The van der Waals surface area contributed by atoms with Crippen molar-refractivity contribution in [1.29, 1.82) is 0 Å². The fourth-order valence-corrected chi connectivity index (χ4v) is 4.84. The molecule has 1 aliphatic heterocycles. The van der Waals surface area contributed by atoms with E-state index in [1.54, 1.807) is 43.3 Å². The van der Waals surface area contributed by atoms with Crippen molar-refractivity contribution in [1.82, 2.24) is 10.3 Å². The van der Waals surface area contributed by atoms with Gasteiger partial charge in [0.1, 0.15) is 10.4 Å². The third-order valence-corrected chi connectivity index (χ3v) is 6.04. The van der Waals surface area contributed by atoms with Crippen LogP contribution in [0.5, 0.6) is 0 Å². The van der Waals surface area contributed by atoms with E-state index in [0.717, 1.165) is 0 Å². The highest BCUT2D eigenvalue weighted by Crippen LogP contribution is 2.36. The van der Waals surface area contributed by atoms with Gasteiger partial charge in [-0.15, -0.1) is 0 Å². The Bertz CT molecular complexity index is 1080. The summed E-state index contributed by atoms with van der Waals surface area (Å²) in [5.41, 5.74) is 1.38. The number of benzene rings is 2. The lowest BCUT2D eigenvalue weighted by atomic mass is 10.2. The smallest absolute Gasteiger partial charge is 0.267 e. The molecule has 1 atom stereocenters.